The first-order chi connectivity index (χ1) is 9.36. The molecule has 0 aromatic heterocycles. The zero-order valence-electron chi connectivity index (χ0n) is 10.4. The van der Waals surface area contributed by atoms with Crippen LogP contribution in [0.1, 0.15) is 6.42 Å². The molecule has 1 aromatic rings. The van der Waals surface area contributed by atoms with Gasteiger partial charge in [-0.2, -0.15) is 0 Å². The third-order valence-corrected chi connectivity index (χ3v) is 2.84. The molecule has 1 nitrogen and oxygen atoms in total. The summed E-state index contributed by atoms with van der Waals surface area (Å²) in [7, 11) is 1.64. The van der Waals surface area contributed by atoms with Crippen LogP contribution in [0.25, 0.3) is 0 Å². The lowest BCUT2D eigenvalue weighted by atomic mass is 9.54. The Labute approximate surface area is 113 Å². The third-order valence-electron chi connectivity index (χ3n) is 2.84. The van der Waals surface area contributed by atoms with Crippen LogP contribution in [-0.4, -0.2) is 20.0 Å². The van der Waals surface area contributed by atoms with Crippen molar-refractivity contribution in [1.29, 1.82) is 0 Å². The maximum atomic E-state index is 14.4. The molecule has 0 fully saturated rings. The van der Waals surface area contributed by atoms with Gasteiger partial charge in [0, 0.05) is 12.5 Å². The number of hydrogen-bond donors (Lipinski definition) is 0. The zero-order valence-corrected chi connectivity index (χ0v) is 10.4. The van der Waals surface area contributed by atoms with E-state index >= 15 is 0 Å². The molecule has 0 heterocycles. The van der Waals surface area contributed by atoms with Crippen LogP contribution in [0.4, 0.5) is 22.0 Å². The molecule has 105 valence electrons. The van der Waals surface area contributed by atoms with Gasteiger partial charge in [-0.25, -0.2) is 22.0 Å². The normalized spacial score (nSPS) is 21.6. The van der Waals surface area contributed by atoms with E-state index < -0.39 is 46.5 Å². The molecule has 1 aliphatic carbocycles. The first kappa shape index (κ1) is 14.6. The van der Waals surface area contributed by atoms with E-state index in [1.807, 2.05) is 0 Å². The molecule has 0 bridgehead atoms. The van der Waals surface area contributed by atoms with Crippen LogP contribution >= 0.6 is 0 Å². The second-order valence-corrected chi connectivity index (χ2v) is 4.32. The molecule has 20 heavy (non-hydrogen) atoms. The average molecular weight is 287 g/mol. The topological polar surface area (TPSA) is 9.23 Å². The number of rotatable bonds is 3. The van der Waals surface area contributed by atoms with Gasteiger partial charge < -0.3 is 4.74 Å². The van der Waals surface area contributed by atoms with Gasteiger partial charge in [0.15, 0.2) is 23.2 Å². The fourth-order valence-corrected chi connectivity index (χ4v) is 1.96. The molecule has 1 radical (unpaired) electrons. The average Bonchev–Trinajstić information content (AvgIpc) is 2.35. The second-order valence-electron chi connectivity index (χ2n) is 4.32. The summed E-state index contributed by atoms with van der Waals surface area (Å²) in [6, 6.07) is 0.299. The quantitative estimate of drug-likeness (QED) is 0.472. The van der Waals surface area contributed by atoms with Gasteiger partial charge >= 0.3 is 0 Å². The molecule has 0 saturated heterocycles. The standard InChI is InChI=1S/C13H9BF5O/c1-20-12-9(17)5-8(16)11(18)10(12)14-13(19)4-2-3-7(15)6-13/h2-5H,6H2,1H3. The maximum absolute atomic E-state index is 14.4. The first-order valence-electron chi connectivity index (χ1n) is 5.66. The highest BCUT2D eigenvalue weighted by Crippen LogP contribution is 2.28. The Morgan fingerprint density at radius 2 is 1.90 bits per heavy atom. The van der Waals surface area contributed by atoms with Crippen molar-refractivity contribution in [1.82, 2.24) is 0 Å². The third kappa shape index (κ3) is 2.71. The Balaban J connectivity index is 2.43. The lowest BCUT2D eigenvalue weighted by molar-refractivity contribution is 0.315. The van der Waals surface area contributed by atoms with E-state index in [0.717, 1.165) is 25.3 Å². The molecule has 0 spiro atoms. The van der Waals surface area contributed by atoms with Crippen LogP contribution in [-0.2, 0) is 0 Å². The van der Waals surface area contributed by atoms with E-state index in [2.05, 4.69) is 4.74 Å². The van der Waals surface area contributed by atoms with E-state index in [-0.39, 0.29) is 0 Å². The molecule has 0 aliphatic heterocycles. The Morgan fingerprint density at radius 3 is 2.50 bits per heavy atom. The molecule has 1 aromatic carbocycles. The number of hydrogen-bond acceptors (Lipinski definition) is 1. The summed E-state index contributed by atoms with van der Waals surface area (Å²) in [5, 5.41) is 0. The molecule has 7 heteroatoms. The molecule has 0 amide bonds. The number of ether oxygens (including phenoxy) is 1. The number of allylic oxidation sites excluding steroid dienone is 4. The largest absolute Gasteiger partial charge is 0.494 e. The van der Waals surface area contributed by atoms with Crippen molar-refractivity contribution >= 4 is 12.7 Å². The molecule has 2 rings (SSSR count). The molecule has 0 saturated carbocycles. The molecule has 0 N–H and O–H groups in total. The minimum atomic E-state index is -2.38. The monoisotopic (exact) mass is 287 g/mol. The van der Waals surface area contributed by atoms with Gasteiger partial charge in [-0.1, -0.05) is 12.2 Å². The Morgan fingerprint density at radius 1 is 1.20 bits per heavy atom. The Hall–Kier alpha value is -1.79. The minimum Gasteiger partial charge on any atom is -0.494 e. The van der Waals surface area contributed by atoms with Gasteiger partial charge in [-0.05, 0) is 11.5 Å². The molecular formula is C13H9BF5O. The summed E-state index contributed by atoms with van der Waals surface area (Å²) < 4.78 is 72.5. The Bertz CT molecular complexity index is 599. The lowest BCUT2D eigenvalue weighted by Crippen LogP contribution is -2.40. The van der Waals surface area contributed by atoms with Crippen LogP contribution in [0.2, 0.25) is 0 Å². The van der Waals surface area contributed by atoms with Gasteiger partial charge in [0.05, 0.1) is 7.11 Å². The van der Waals surface area contributed by atoms with E-state index in [1.54, 1.807) is 0 Å². The van der Waals surface area contributed by atoms with Crippen molar-refractivity contribution in [2.45, 2.75) is 12.0 Å². The number of alkyl halides is 1. The number of benzene rings is 1. The molecule has 1 aliphatic rings. The van der Waals surface area contributed by atoms with Gasteiger partial charge in [0.2, 0.25) is 7.28 Å². The van der Waals surface area contributed by atoms with Gasteiger partial charge in [0.25, 0.3) is 0 Å². The Kier molecular flexibility index (Phi) is 3.88. The van der Waals surface area contributed by atoms with Crippen molar-refractivity contribution < 1.29 is 26.7 Å². The SMILES string of the molecule is COc1c(F)cc(F)c(F)c1[B]C1(F)C=CC=C(F)C1. The molecular weight excluding hydrogens is 278 g/mol. The first-order valence-corrected chi connectivity index (χ1v) is 5.66. The van der Waals surface area contributed by atoms with Gasteiger partial charge in [-0.15, -0.1) is 0 Å². The summed E-state index contributed by atoms with van der Waals surface area (Å²) in [6.45, 7) is 0. The fraction of sp³-hybridized carbons (Fsp3) is 0.231. The molecule has 1 atom stereocenters. The number of halogens is 5. The predicted molar refractivity (Wildman–Crippen MR) is 65.0 cm³/mol. The minimum absolute atomic E-state index is 0.299. The fourth-order valence-electron chi connectivity index (χ4n) is 1.96. The summed E-state index contributed by atoms with van der Waals surface area (Å²) in [5.74, 6) is -5.50. The van der Waals surface area contributed by atoms with Crippen molar-refractivity contribution in [3.63, 3.8) is 0 Å². The maximum Gasteiger partial charge on any atom is 0.216 e. The smallest absolute Gasteiger partial charge is 0.216 e. The lowest BCUT2D eigenvalue weighted by Gasteiger charge is -2.23. The van der Waals surface area contributed by atoms with Crippen LogP contribution in [0.5, 0.6) is 5.75 Å². The van der Waals surface area contributed by atoms with Crippen LogP contribution in [0.15, 0.2) is 30.1 Å². The highest BCUT2D eigenvalue weighted by atomic mass is 19.2. The van der Waals surface area contributed by atoms with Crippen LogP contribution in [0, 0.1) is 17.5 Å². The summed E-state index contributed by atoms with van der Waals surface area (Å²) in [6.07, 6.45) is 2.45. The summed E-state index contributed by atoms with van der Waals surface area (Å²) in [4.78, 5) is 0. The van der Waals surface area contributed by atoms with E-state index in [1.165, 1.54) is 0 Å². The molecule has 1 unspecified atom stereocenters. The van der Waals surface area contributed by atoms with E-state index in [4.69, 9.17) is 0 Å². The van der Waals surface area contributed by atoms with Crippen molar-refractivity contribution in [3.8, 4) is 5.75 Å². The van der Waals surface area contributed by atoms with Gasteiger partial charge in [0.1, 0.15) is 11.4 Å². The van der Waals surface area contributed by atoms with Crippen molar-refractivity contribution in [2.75, 3.05) is 7.11 Å². The predicted octanol–water partition coefficient (Wildman–Crippen LogP) is 2.92. The number of methoxy groups -OCH3 is 1. The van der Waals surface area contributed by atoms with Gasteiger partial charge in [-0.3, -0.25) is 0 Å². The summed E-state index contributed by atoms with van der Waals surface area (Å²) in [5.41, 5.74) is -3.10. The highest BCUT2D eigenvalue weighted by Gasteiger charge is 2.35. The zero-order chi connectivity index (χ0) is 14.9. The summed E-state index contributed by atoms with van der Waals surface area (Å²) >= 11 is 0. The van der Waals surface area contributed by atoms with Crippen LogP contribution in [0.3, 0.4) is 0 Å². The van der Waals surface area contributed by atoms with E-state index in [9.17, 15) is 22.0 Å². The van der Waals surface area contributed by atoms with Crippen LogP contribution < -0.4 is 10.2 Å². The highest BCUT2D eigenvalue weighted by molar-refractivity contribution is 6.58. The van der Waals surface area contributed by atoms with Crippen molar-refractivity contribution in [2.24, 2.45) is 0 Å². The second kappa shape index (κ2) is 5.30. The van der Waals surface area contributed by atoms with E-state index in [0.29, 0.717) is 13.3 Å². The van der Waals surface area contributed by atoms with Crippen molar-refractivity contribution in [3.05, 3.63) is 47.6 Å².